The van der Waals surface area contributed by atoms with E-state index in [0.29, 0.717) is 5.56 Å². The standard InChI is InChI=1S/C37H31N3O9/c1-46-29(24-47-34(42)26-16-8-3-9-17-26)31(48-35(43)27-18-10-4-11-19-27)33(49-36(44)28-20-12-5-13-21-28)40-23-22-30(39-37(40)45)38-32(41)25-14-6-2-7-15-25/h2-23,29,31,33H,24H2,1H3,(H,38,39,41,45)/t29-,31?,33+/m1/s1. The van der Waals surface area contributed by atoms with Crippen molar-refractivity contribution in [1.82, 2.24) is 9.55 Å². The van der Waals surface area contributed by atoms with E-state index in [1.54, 1.807) is 97.1 Å². The third kappa shape index (κ3) is 8.90. The van der Waals surface area contributed by atoms with E-state index >= 15 is 0 Å². The fraction of sp³-hybridized carbons (Fsp3) is 0.135. The summed E-state index contributed by atoms with van der Waals surface area (Å²) in [6.07, 6.45) is -3.30. The summed E-state index contributed by atoms with van der Waals surface area (Å²) in [6.45, 7) is -0.469. The largest absolute Gasteiger partial charge is 0.459 e. The third-order valence-corrected chi connectivity index (χ3v) is 7.21. The molecule has 1 aromatic heterocycles. The van der Waals surface area contributed by atoms with Crippen molar-refractivity contribution in [3.63, 3.8) is 0 Å². The van der Waals surface area contributed by atoms with Gasteiger partial charge < -0.3 is 24.3 Å². The zero-order valence-corrected chi connectivity index (χ0v) is 26.2. The summed E-state index contributed by atoms with van der Waals surface area (Å²) in [5, 5.41) is 2.56. The number of nitrogens with one attached hydrogen (secondary N) is 1. The molecule has 0 aliphatic heterocycles. The molecule has 1 unspecified atom stereocenters. The van der Waals surface area contributed by atoms with Gasteiger partial charge >= 0.3 is 23.6 Å². The fourth-order valence-corrected chi connectivity index (χ4v) is 4.68. The van der Waals surface area contributed by atoms with Crippen LogP contribution >= 0.6 is 0 Å². The van der Waals surface area contributed by atoms with Gasteiger partial charge in [-0.15, -0.1) is 0 Å². The van der Waals surface area contributed by atoms with Gasteiger partial charge in [-0.2, -0.15) is 4.98 Å². The van der Waals surface area contributed by atoms with Crippen molar-refractivity contribution < 1.29 is 38.1 Å². The number of hydrogen-bond donors (Lipinski definition) is 1. The van der Waals surface area contributed by atoms with Crippen LogP contribution in [-0.2, 0) is 18.9 Å². The Kier molecular flexibility index (Phi) is 11.4. The highest BCUT2D eigenvalue weighted by atomic mass is 16.6. The van der Waals surface area contributed by atoms with Gasteiger partial charge in [0, 0.05) is 18.9 Å². The molecule has 12 heteroatoms. The maximum atomic E-state index is 13.6. The maximum absolute atomic E-state index is 13.6. The number of hydrogen-bond acceptors (Lipinski definition) is 10. The second kappa shape index (κ2) is 16.4. The number of anilines is 1. The molecule has 0 spiro atoms. The van der Waals surface area contributed by atoms with E-state index in [2.05, 4.69) is 10.3 Å². The van der Waals surface area contributed by atoms with Crippen molar-refractivity contribution in [2.24, 2.45) is 0 Å². The van der Waals surface area contributed by atoms with E-state index in [4.69, 9.17) is 18.9 Å². The molecule has 0 saturated carbocycles. The van der Waals surface area contributed by atoms with Gasteiger partial charge in [0.1, 0.15) is 18.5 Å². The van der Waals surface area contributed by atoms with Crippen LogP contribution in [0.5, 0.6) is 0 Å². The molecule has 12 nitrogen and oxygen atoms in total. The second-order valence-corrected chi connectivity index (χ2v) is 10.5. The lowest BCUT2D eigenvalue weighted by atomic mass is 10.1. The fourth-order valence-electron chi connectivity index (χ4n) is 4.68. The zero-order chi connectivity index (χ0) is 34.6. The van der Waals surface area contributed by atoms with Crippen LogP contribution in [0.15, 0.2) is 138 Å². The van der Waals surface area contributed by atoms with Crippen molar-refractivity contribution in [3.8, 4) is 0 Å². The molecular formula is C37H31N3O9. The van der Waals surface area contributed by atoms with Gasteiger partial charge in [0.2, 0.25) is 6.23 Å². The molecular weight excluding hydrogens is 630 g/mol. The predicted octanol–water partition coefficient (Wildman–Crippen LogP) is 4.95. The van der Waals surface area contributed by atoms with Gasteiger partial charge in [0.25, 0.3) is 5.91 Å². The number of amides is 1. The summed E-state index contributed by atoms with van der Waals surface area (Å²) >= 11 is 0. The monoisotopic (exact) mass is 661 g/mol. The minimum Gasteiger partial charge on any atom is -0.459 e. The Morgan fingerprint density at radius 1 is 0.653 bits per heavy atom. The first kappa shape index (κ1) is 33.9. The normalized spacial score (nSPS) is 12.5. The highest BCUT2D eigenvalue weighted by Gasteiger charge is 2.39. The van der Waals surface area contributed by atoms with Crippen LogP contribution in [0.2, 0.25) is 0 Å². The number of carbonyl (C=O) groups excluding carboxylic acids is 4. The average molecular weight is 662 g/mol. The Morgan fingerprint density at radius 2 is 1.12 bits per heavy atom. The smallest absolute Gasteiger partial charge is 0.352 e. The van der Waals surface area contributed by atoms with Gasteiger partial charge in [-0.25, -0.2) is 19.2 Å². The number of ether oxygens (including phenoxy) is 4. The van der Waals surface area contributed by atoms with E-state index in [0.717, 1.165) is 4.57 Å². The van der Waals surface area contributed by atoms with Crippen LogP contribution in [0.4, 0.5) is 5.82 Å². The first-order chi connectivity index (χ1) is 23.8. The number of rotatable bonds is 13. The van der Waals surface area contributed by atoms with Crippen LogP contribution in [-0.4, -0.2) is 59.3 Å². The molecule has 0 aliphatic rings. The number of esters is 3. The van der Waals surface area contributed by atoms with Gasteiger partial charge in [-0.1, -0.05) is 72.8 Å². The molecule has 5 rings (SSSR count). The Morgan fingerprint density at radius 3 is 1.61 bits per heavy atom. The Labute approximate surface area is 280 Å². The molecule has 49 heavy (non-hydrogen) atoms. The highest BCUT2D eigenvalue weighted by molar-refractivity contribution is 6.03. The van der Waals surface area contributed by atoms with E-state index < -0.39 is 54.5 Å². The van der Waals surface area contributed by atoms with E-state index in [-0.39, 0.29) is 22.5 Å². The molecule has 0 fully saturated rings. The van der Waals surface area contributed by atoms with E-state index in [9.17, 15) is 24.0 Å². The average Bonchev–Trinajstić information content (AvgIpc) is 3.15. The molecule has 1 heterocycles. The molecule has 248 valence electrons. The molecule has 0 saturated heterocycles. The summed E-state index contributed by atoms with van der Waals surface area (Å²) < 4.78 is 23.9. The lowest BCUT2D eigenvalue weighted by Gasteiger charge is -2.32. The van der Waals surface area contributed by atoms with E-state index in [1.165, 1.54) is 43.6 Å². The molecule has 0 aliphatic carbocycles. The van der Waals surface area contributed by atoms with Gasteiger partial charge in [0.05, 0.1) is 16.7 Å². The molecule has 1 amide bonds. The quantitative estimate of drug-likeness (QED) is 0.136. The van der Waals surface area contributed by atoms with Gasteiger partial charge in [-0.3, -0.25) is 9.36 Å². The van der Waals surface area contributed by atoms with Crippen LogP contribution in [0.25, 0.3) is 0 Å². The Bertz CT molecular complexity index is 1940. The highest BCUT2D eigenvalue weighted by Crippen LogP contribution is 2.25. The second-order valence-electron chi connectivity index (χ2n) is 10.5. The summed E-state index contributed by atoms with van der Waals surface area (Å²) in [5.41, 5.74) is -0.0764. The number of carbonyl (C=O) groups is 4. The summed E-state index contributed by atoms with van der Waals surface area (Å²) in [4.78, 5) is 70.0. The summed E-state index contributed by atoms with van der Waals surface area (Å²) in [5.74, 6) is -2.98. The third-order valence-electron chi connectivity index (χ3n) is 7.21. The van der Waals surface area contributed by atoms with E-state index in [1.807, 2.05) is 0 Å². The lowest BCUT2D eigenvalue weighted by molar-refractivity contribution is -0.130. The van der Waals surface area contributed by atoms with Crippen molar-refractivity contribution in [2.75, 3.05) is 19.0 Å². The number of aromatic nitrogens is 2. The van der Waals surface area contributed by atoms with Crippen molar-refractivity contribution in [2.45, 2.75) is 18.4 Å². The summed E-state index contributed by atoms with van der Waals surface area (Å²) in [7, 11) is 1.28. The maximum Gasteiger partial charge on any atom is 0.352 e. The van der Waals surface area contributed by atoms with Crippen LogP contribution in [0, 0.1) is 0 Å². The molecule has 3 atom stereocenters. The van der Waals surface area contributed by atoms with Crippen LogP contribution in [0.1, 0.15) is 47.7 Å². The van der Waals surface area contributed by atoms with Crippen LogP contribution < -0.4 is 11.0 Å². The predicted molar refractivity (Wildman–Crippen MR) is 177 cm³/mol. The molecule has 0 bridgehead atoms. The Hall–Kier alpha value is -6.40. The minimum atomic E-state index is -1.69. The van der Waals surface area contributed by atoms with Crippen molar-refractivity contribution in [3.05, 3.63) is 166 Å². The molecule has 1 N–H and O–H groups in total. The number of methoxy groups -OCH3 is 1. The van der Waals surface area contributed by atoms with Gasteiger partial charge in [-0.05, 0) is 54.6 Å². The molecule has 4 aromatic carbocycles. The van der Waals surface area contributed by atoms with Crippen molar-refractivity contribution >= 4 is 29.6 Å². The Balaban J connectivity index is 1.52. The molecule has 0 radical (unpaired) electrons. The van der Waals surface area contributed by atoms with Gasteiger partial charge in [0.15, 0.2) is 6.10 Å². The SMILES string of the molecule is CO[C@H](COC(=O)c1ccccc1)C(OC(=O)c1ccccc1)[C@H](OC(=O)c1ccccc1)n1ccc(NC(=O)c2ccccc2)nc1=O. The van der Waals surface area contributed by atoms with Crippen LogP contribution in [0.3, 0.4) is 0 Å². The van der Waals surface area contributed by atoms with Crippen molar-refractivity contribution in [1.29, 1.82) is 0 Å². The topological polar surface area (TPSA) is 152 Å². The molecule has 5 aromatic rings. The number of nitrogens with zero attached hydrogens (tertiary/aromatic N) is 2. The summed E-state index contributed by atoms with van der Waals surface area (Å²) in [6, 6.07) is 33.8. The minimum absolute atomic E-state index is 0.0823. The number of benzene rings is 4. The first-order valence-electron chi connectivity index (χ1n) is 15.1. The first-order valence-corrected chi connectivity index (χ1v) is 15.1. The lowest BCUT2D eigenvalue weighted by Crippen LogP contribution is -2.47. The zero-order valence-electron chi connectivity index (χ0n) is 26.2.